The zero-order valence-corrected chi connectivity index (χ0v) is 10.4. The average Bonchev–Trinajstić information content (AvgIpc) is 2.08. The van der Waals surface area contributed by atoms with Crippen molar-refractivity contribution >= 4 is 8.07 Å². The second kappa shape index (κ2) is 5.58. The van der Waals surface area contributed by atoms with E-state index in [9.17, 15) is 0 Å². The maximum atomic E-state index is 2.45. The Labute approximate surface area is 79.1 Å². The predicted octanol–water partition coefficient (Wildman–Crippen LogP) is 4.46. The van der Waals surface area contributed by atoms with Gasteiger partial charge in [-0.3, -0.25) is 0 Å². The molecular formula is C11H24Si. The topological polar surface area (TPSA) is 0 Å². The summed E-state index contributed by atoms with van der Waals surface area (Å²) in [5.74, 6) is 0. The van der Waals surface area contributed by atoms with Crippen molar-refractivity contribution in [2.24, 2.45) is 0 Å². The lowest BCUT2D eigenvalue weighted by molar-refractivity contribution is 1.14. The minimum Gasteiger partial charge on any atom is -0.0885 e. The van der Waals surface area contributed by atoms with Crippen molar-refractivity contribution in [3.8, 4) is 0 Å². The molecule has 0 aliphatic heterocycles. The quantitative estimate of drug-likeness (QED) is 0.437. The largest absolute Gasteiger partial charge is 0.0885 e. The molecule has 1 heteroatoms. The second-order valence-corrected chi connectivity index (χ2v) is 9.58. The molecule has 0 rings (SSSR count). The van der Waals surface area contributed by atoms with E-state index < -0.39 is 8.07 Å². The van der Waals surface area contributed by atoms with Crippen molar-refractivity contribution in [2.45, 2.75) is 58.8 Å². The minimum atomic E-state index is -0.857. The van der Waals surface area contributed by atoms with Gasteiger partial charge in [-0.1, -0.05) is 50.6 Å². The third kappa shape index (κ3) is 3.57. The SMILES string of the molecule is CC[Si](CC)(CC)CC=C(C)C. The molecule has 0 atom stereocenters. The Hall–Kier alpha value is -0.0431. The summed E-state index contributed by atoms with van der Waals surface area (Å²) in [4.78, 5) is 0. The molecule has 0 unspecified atom stereocenters. The molecule has 0 radical (unpaired) electrons. The van der Waals surface area contributed by atoms with Crippen molar-refractivity contribution in [1.29, 1.82) is 0 Å². The Balaban J connectivity index is 4.20. The lowest BCUT2D eigenvalue weighted by Gasteiger charge is -2.26. The monoisotopic (exact) mass is 184 g/mol. The van der Waals surface area contributed by atoms with Crippen LogP contribution in [0, 0.1) is 0 Å². The van der Waals surface area contributed by atoms with Crippen LogP contribution in [0.4, 0.5) is 0 Å². The molecule has 0 aromatic heterocycles. The maximum Gasteiger partial charge on any atom is 0.0565 e. The van der Waals surface area contributed by atoms with Crippen molar-refractivity contribution in [3.63, 3.8) is 0 Å². The third-order valence-corrected chi connectivity index (χ3v) is 8.76. The molecule has 12 heavy (non-hydrogen) atoms. The molecule has 0 aromatic rings. The first-order chi connectivity index (χ1) is 5.60. The van der Waals surface area contributed by atoms with Gasteiger partial charge in [-0.25, -0.2) is 0 Å². The molecule has 0 bridgehead atoms. The van der Waals surface area contributed by atoms with Crippen LogP contribution in [0.15, 0.2) is 11.6 Å². The number of hydrogen-bond acceptors (Lipinski definition) is 0. The van der Waals surface area contributed by atoms with Crippen LogP contribution in [0.1, 0.15) is 34.6 Å². The summed E-state index contributed by atoms with van der Waals surface area (Å²) in [6, 6.07) is 5.75. The van der Waals surface area contributed by atoms with Gasteiger partial charge >= 0.3 is 0 Å². The van der Waals surface area contributed by atoms with E-state index in [0.29, 0.717) is 0 Å². The summed E-state index contributed by atoms with van der Waals surface area (Å²) in [6.45, 7) is 11.5. The molecule has 72 valence electrons. The van der Waals surface area contributed by atoms with Crippen LogP contribution in [0.2, 0.25) is 24.2 Å². The molecule has 0 spiro atoms. The van der Waals surface area contributed by atoms with E-state index in [1.165, 1.54) is 29.7 Å². The fourth-order valence-corrected chi connectivity index (χ4v) is 4.81. The molecule has 0 aliphatic rings. The highest BCUT2D eigenvalue weighted by molar-refractivity contribution is 6.80. The van der Waals surface area contributed by atoms with Gasteiger partial charge in [-0.05, 0) is 19.9 Å². The molecule has 0 amide bonds. The Morgan fingerprint density at radius 1 is 1.00 bits per heavy atom. The second-order valence-electron chi connectivity index (χ2n) is 4.05. The normalized spacial score (nSPS) is 11.4. The minimum absolute atomic E-state index is 0.857. The van der Waals surface area contributed by atoms with Crippen LogP contribution in [-0.2, 0) is 0 Å². The molecule has 0 saturated heterocycles. The number of hydrogen-bond donors (Lipinski definition) is 0. The fraction of sp³-hybridized carbons (Fsp3) is 0.818. The number of rotatable bonds is 5. The van der Waals surface area contributed by atoms with Gasteiger partial charge in [-0.2, -0.15) is 0 Å². The zero-order chi connectivity index (χ0) is 9.61. The van der Waals surface area contributed by atoms with Crippen molar-refractivity contribution in [2.75, 3.05) is 0 Å². The highest BCUT2D eigenvalue weighted by Gasteiger charge is 2.24. The molecule has 0 N–H and O–H groups in total. The summed E-state index contributed by atoms with van der Waals surface area (Å²) >= 11 is 0. The first-order valence-electron chi connectivity index (χ1n) is 5.23. The first kappa shape index (κ1) is 12.0. The van der Waals surface area contributed by atoms with E-state index >= 15 is 0 Å². The fourth-order valence-electron chi connectivity index (χ4n) is 1.60. The van der Waals surface area contributed by atoms with Gasteiger partial charge in [0.1, 0.15) is 0 Å². The predicted molar refractivity (Wildman–Crippen MR) is 61.4 cm³/mol. The molecule has 0 saturated carbocycles. The van der Waals surface area contributed by atoms with Crippen LogP contribution in [0.5, 0.6) is 0 Å². The van der Waals surface area contributed by atoms with Gasteiger partial charge in [0, 0.05) is 0 Å². The van der Waals surface area contributed by atoms with Crippen molar-refractivity contribution < 1.29 is 0 Å². The van der Waals surface area contributed by atoms with Crippen LogP contribution in [0.25, 0.3) is 0 Å². The smallest absolute Gasteiger partial charge is 0.0565 e. The highest BCUT2D eigenvalue weighted by atomic mass is 28.3. The summed E-state index contributed by atoms with van der Waals surface area (Å²) in [5, 5.41) is 0. The first-order valence-corrected chi connectivity index (χ1v) is 8.06. The molecule has 0 aliphatic carbocycles. The molecular weight excluding hydrogens is 160 g/mol. The summed E-state index contributed by atoms with van der Waals surface area (Å²) in [6.07, 6.45) is 2.45. The lowest BCUT2D eigenvalue weighted by atomic mass is 10.3. The van der Waals surface area contributed by atoms with Gasteiger partial charge in [0.15, 0.2) is 0 Å². The van der Waals surface area contributed by atoms with Crippen LogP contribution < -0.4 is 0 Å². The van der Waals surface area contributed by atoms with Crippen LogP contribution >= 0.6 is 0 Å². The Bertz CT molecular complexity index is 131. The average molecular weight is 184 g/mol. The molecule has 0 nitrogen and oxygen atoms in total. The standard InChI is InChI=1S/C11H24Si/c1-6-12(7-2,8-3)10-9-11(4)5/h9H,6-8,10H2,1-5H3. The molecule has 0 fully saturated rings. The van der Waals surface area contributed by atoms with Gasteiger partial charge in [0.05, 0.1) is 8.07 Å². The molecule has 0 aromatic carbocycles. The number of allylic oxidation sites excluding steroid dienone is 2. The van der Waals surface area contributed by atoms with Gasteiger partial charge < -0.3 is 0 Å². The zero-order valence-electron chi connectivity index (χ0n) is 9.41. The van der Waals surface area contributed by atoms with E-state index in [1.807, 2.05) is 0 Å². The van der Waals surface area contributed by atoms with E-state index in [2.05, 4.69) is 40.7 Å². The van der Waals surface area contributed by atoms with E-state index in [-0.39, 0.29) is 0 Å². The van der Waals surface area contributed by atoms with Crippen LogP contribution in [0.3, 0.4) is 0 Å². The Morgan fingerprint density at radius 2 is 1.42 bits per heavy atom. The van der Waals surface area contributed by atoms with Gasteiger partial charge in [0.2, 0.25) is 0 Å². The van der Waals surface area contributed by atoms with Crippen molar-refractivity contribution in [3.05, 3.63) is 11.6 Å². The van der Waals surface area contributed by atoms with Crippen molar-refractivity contribution in [1.82, 2.24) is 0 Å². The summed E-state index contributed by atoms with van der Waals surface area (Å²) in [7, 11) is -0.857. The molecule has 0 heterocycles. The van der Waals surface area contributed by atoms with Gasteiger partial charge in [0.25, 0.3) is 0 Å². The lowest BCUT2D eigenvalue weighted by Crippen LogP contribution is -2.30. The summed E-state index contributed by atoms with van der Waals surface area (Å²) in [5.41, 5.74) is 1.49. The summed E-state index contributed by atoms with van der Waals surface area (Å²) < 4.78 is 0. The Morgan fingerprint density at radius 3 is 1.67 bits per heavy atom. The van der Waals surface area contributed by atoms with E-state index in [4.69, 9.17) is 0 Å². The maximum absolute atomic E-state index is 2.45. The highest BCUT2D eigenvalue weighted by Crippen LogP contribution is 2.25. The van der Waals surface area contributed by atoms with E-state index in [1.54, 1.807) is 0 Å². The van der Waals surface area contributed by atoms with Gasteiger partial charge in [-0.15, -0.1) is 0 Å². The van der Waals surface area contributed by atoms with E-state index in [0.717, 1.165) is 0 Å². The Kier molecular flexibility index (Phi) is 5.56. The van der Waals surface area contributed by atoms with Crippen LogP contribution in [-0.4, -0.2) is 8.07 Å². The third-order valence-electron chi connectivity index (χ3n) is 3.19.